The summed E-state index contributed by atoms with van der Waals surface area (Å²) in [5.74, 6) is -0.650. The Bertz CT molecular complexity index is 799. The summed E-state index contributed by atoms with van der Waals surface area (Å²) in [4.78, 5) is 38.8. The highest BCUT2D eigenvalue weighted by atomic mass is 32.1. The molecule has 9 heteroatoms. The molecule has 0 spiro atoms. The maximum Gasteiger partial charge on any atom is 0.308 e. The van der Waals surface area contributed by atoms with Crippen LogP contribution in [0.5, 0.6) is 5.75 Å². The number of rotatable bonds is 7. The molecule has 2 rings (SSSR count). The summed E-state index contributed by atoms with van der Waals surface area (Å²) in [7, 11) is 0. The maximum atomic E-state index is 12.7. The number of esters is 1. The molecule has 1 heterocycles. The van der Waals surface area contributed by atoms with Gasteiger partial charge in [-0.15, -0.1) is 0 Å². The lowest BCUT2D eigenvalue weighted by molar-refractivity contribution is -0.151. The molecule has 0 saturated carbocycles. The third-order valence-corrected chi connectivity index (χ3v) is 4.88. The Hall–Kier alpha value is -2.68. The second-order valence-corrected chi connectivity index (χ2v) is 7.75. The van der Waals surface area contributed by atoms with Gasteiger partial charge >= 0.3 is 5.97 Å². The molecule has 2 N–H and O–H groups in total. The van der Waals surface area contributed by atoms with Crippen molar-refractivity contribution in [3.05, 3.63) is 29.8 Å². The molecule has 1 aromatic rings. The molecule has 0 bridgehead atoms. The second-order valence-electron chi connectivity index (χ2n) is 7.37. The quantitative estimate of drug-likeness (QED) is 0.500. The predicted molar refractivity (Wildman–Crippen MR) is 116 cm³/mol. The molecule has 0 aromatic heterocycles. The predicted octanol–water partition coefficient (Wildman–Crippen LogP) is 2.02. The lowest BCUT2D eigenvalue weighted by Crippen LogP contribution is -2.60. The van der Waals surface area contributed by atoms with E-state index in [0.717, 1.165) is 0 Å². The molecular formula is C21H29N3O5S. The van der Waals surface area contributed by atoms with Gasteiger partial charge < -0.3 is 19.7 Å². The van der Waals surface area contributed by atoms with E-state index in [-0.39, 0.29) is 29.6 Å². The smallest absolute Gasteiger partial charge is 0.308 e. The van der Waals surface area contributed by atoms with E-state index < -0.39 is 17.9 Å². The molecule has 1 aliphatic heterocycles. The monoisotopic (exact) mass is 435 g/mol. The summed E-state index contributed by atoms with van der Waals surface area (Å²) >= 11 is 5.38. The van der Waals surface area contributed by atoms with E-state index >= 15 is 0 Å². The Morgan fingerprint density at radius 3 is 2.73 bits per heavy atom. The fraction of sp³-hybridized carbons (Fsp3) is 0.524. The number of hydrogen-bond acceptors (Lipinski definition) is 6. The Balaban J connectivity index is 2.06. The molecule has 8 nitrogen and oxygen atoms in total. The van der Waals surface area contributed by atoms with Gasteiger partial charge in [-0.1, -0.05) is 13.0 Å². The summed E-state index contributed by atoms with van der Waals surface area (Å²) in [5.41, 5.74) is 0.379. The second kappa shape index (κ2) is 10.9. The molecule has 0 radical (unpaired) electrons. The van der Waals surface area contributed by atoms with Gasteiger partial charge in [-0.2, -0.15) is 0 Å². The standard InChI is InChI=1S/C21H29N3O5S/c1-5-14(4)29-18(25)12-17-20(27)22-9-10-24(17)21(30)23-19(26)15-7-6-8-16(11-15)28-13(2)3/h6-8,11,13-14,17H,5,9-10,12H2,1-4H3,(H,22,27)(H,23,26,30). The van der Waals surface area contributed by atoms with Gasteiger partial charge in [0, 0.05) is 18.7 Å². The van der Waals surface area contributed by atoms with Crippen LogP contribution in [0.25, 0.3) is 0 Å². The van der Waals surface area contributed by atoms with E-state index in [1.807, 2.05) is 20.8 Å². The number of ether oxygens (including phenoxy) is 2. The molecule has 2 atom stereocenters. The Kier molecular flexibility index (Phi) is 8.58. The molecule has 1 aromatic carbocycles. The van der Waals surface area contributed by atoms with Crippen molar-refractivity contribution in [2.75, 3.05) is 13.1 Å². The van der Waals surface area contributed by atoms with Crippen molar-refractivity contribution in [3.63, 3.8) is 0 Å². The van der Waals surface area contributed by atoms with Crippen LogP contribution in [0.15, 0.2) is 24.3 Å². The molecule has 1 fully saturated rings. The number of carbonyl (C=O) groups excluding carboxylic acids is 3. The van der Waals surface area contributed by atoms with Crippen LogP contribution >= 0.6 is 12.2 Å². The molecule has 2 unspecified atom stereocenters. The zero-order valence-corrected chi connectivity index (χ0v) is 18.6. The first-order chi connectivity index (χ1) is 14.2. The highest BCUT2D eigenvalue weighted by molar-refractivity contribution is 7.80. The Morgan fingerprint density at radius 1 is 1.33 bits per heavy atom. The zero-order chi connectivity index (χ0) is 22.3. The van der Waals surface area contributed by atoms with Gasteiger partial charge in [0.05, 0.1) is 18.6 Å². The first-order valence-electron chi connectivity index (χ1n) is 10.1. The van der Waals surface area contributed by atoms with Crippen molar-refractivity contribution in [2.45, 2.75) is 58.8 Å². The maximum absolute atomic E-state index is 12.7. The fourth-order valence-electron chi connectivity index (χ4n) is 2.90. The van der Waals surface area contributed by atoms with E-state index in [0.29, 0.717) is 30.8 Å². The van der Waals surface area contributed by atoms with Crippen molar-refractivity contribution < 1.29 is 23.9 Å². The van der Waals surface area contributed by atoms with E-state index in [2.05, 4.69) is 10.6 Å². The van der Waals surface area contributed by atoms with Crippen LogP contribution < -0.4 is 15.4 Å². The van der Waals surface area contributed by atoms with Crippen LogP contribution in [-0.4, -0.2) is 59.1 Å². The number of benzene rings is 1. The van der Waals surface area contributed by atoms with Crippen molar-refractivity contribution in [3.8, 4) is 5.75 Å². The van der Waals surface area contributed by atoms with Crippen LogP contribution in [0.4, 0.5) is 0 Å². The van der Waals surface area contributed by atoms with Crippen LogP contribution in [0.1, 0.15) is 50.9 Å². The third kappa shape index (κ3) is 6.69. The topological polar surface area (TPSA) is 97.0 Å². The zero-order valence-electron chi connectivity index (χ0n) is 17.8. The van der Waals surface area contributed by atoms with Crippen molar-refractivity contribution in [1.29, 1.82) is 0 Å². The normalized spacial score (nSPS) is 17.2. The largest absolute Gasteiger partial charge is 0.491 e. The van der Waals surface area contributed by atoms with Gasteiger partial charge in [0.25, 0.3) is 5.91 Å². The summed E-state index contributed by atoms with van der Waals surface area (Å²) in [6.45, 7) is 8.24. The molecule has 30 heavy (non-hydrogen) atoms. The average molecular weight is 436 g/mol. The van der Waals surface area contributed by atoms with E-state index in [1.54, 1.807) is 36.1 Å². The van der Waals surface area contributed by atoms with Crippen molar-refractivity contribution >= 4 is 35.1 Å². The molecular weight excluding hydrogens is 406 g/mol. The summed E-state index contributed by atoms with van der Waals surface area (Å²) in [6.07, 6.45) is 0.279. The first kappa shape index (κ1) is 23.6. The van der Waals surface area contributed by atoms with Gasteiger partial charge in [-0.3, -0.25) is 19.7 Å². The Morgan fingerprint density at radius 2 is 2.07 bits per heavy atom. The fourth-order valence-corrected chi connectivity index (χ4v) is 3.21. The van der Waals surface area contributed by atoms with Crippen molar-refractivity contribution in [1.82, 2.24) is 15.5 Å². The molecule has 0 aliphatic carbocycles. The lowest BCUT2D eigenvalue weighted by Gasteiger charge is -2.36. The minimum absolute atomic E-state index is 0.0211. The Labute approximate surface area is 182 Å². The van der Waals surface area contributed by atoms with Gasteiger partial charge in [0.2, 0.25) is 5.91 Å². The number of amides is 2. The highest BCUT2D eigenvalue weighted by Gasteiger charge is 2.34. The van der Waals surface area contributed by atoms with Gasteiger partial charge in [-0.25, -0.2) is 0 Å². The van der Waals surface area contributed by atoms with Crippen LogP contribution in [-0.2, 0) is 14.3 Å². The average Bonchev–Trinajstić information content (AvgIpc) is 2.68. The lowest BCUT2D eigenvalue weighted by atomic mass is 10.1. The van der Waals surface area contributed by atoms with Crippen LogP contribution in [0.2, 0.25) is 0 Å². The van der Waals surface area contributed by atoms with Crippen molar-refractivity contribution in [2.24, 2.45) is 0 Å². The molecule has 164 valence electrons. The van der Waals surface area contributed by atoms with Gasteiger partial charge in [0.15, 0.2) is 5.11 Å². The number of nitrogens with one attached hydrogen (secondary N) is 2. The van der Waals surface area contributed by atoms with E-state index in [9.17, 15) is 14.4 Å². The summed E-state index contributed by atoms with van der Waals surface area (Å²) in [5, 5.41) is 5.47. The van der Waals surface area contributed by atoms with Crippen LogP contribution in [0.3, 0.4) is 0 Å². The molecule has 1 aliphatic rings. The first-order valence-corrected chi connectivity index (χ1v) is 10.5. The van der Waals surface area contributed by atoms with E-state index in [1.165, 1.54) is 0 Å². The highest BCUT2D eigenvalue weighted by Crippen LogP contribution is 2.16. The number of thiocarbonyl (C=S) groups is 1. The molecule has 1 saturated heterocycles. The number of carbonyl (C=O) groups is 3. The SMILES string of the molecule is CCC(C)OC(=O)CC1C(=O)NCCN1C(=S)NC(=O)c1cccc(OC(C)C)c1. The summed E-state index contributed by atoms with van der Waals surface area (Å²) < 4.78 is 10.9. The summed E-state index contributed by atoms with van der Waals surface area (Å²) in [6, 6.07) is 5.93. The number of nitrogens with zero attached hydrogens (tertiary/aromatic N) is 1. The van der Waals surface area contributed by atoms with E-state index in [4.69, 9.17) is 21.7 Å². The number of piperazine rings is 1. The van der Waals surface area contributed by atoms with Gasteiger partial charge in [0.1, 0.15) is 11.8 Å². The minimum atomic E-state index is -0.835. The molecule has 2 amide bonds. The minimum Gasteiger partial charge on any atom is -0.491 e. The van der Waals surface area contributed by atoms with Crippen LogP contribution in [0, 0.1) is 0 Å². The van der Waals surface area contributed by atoms with Gasteiger partial charge in [-0.05, 0) is 57.6 Å². The third-order valence-electron chi connectivity index (χ3n) is 4.55. The number of hydrogen-bond donors (Lipinski definition) is 2.